The molecule has 0 fully saturated rings. The Balaban J connectivity index is 1.28. The van der Waals surface area contributed by atoms with Gasteiger partial charge in [-0.15, -0.1) is 0 Å². The van der Waals surface area contributed by atoms with Crippen LogP contribution in [-0.2, 0) is 6.61 Å². The Kier molecular flexibility index (Phi) is 7.13. The van der Waals surface area contributed by atoms with Crippen molar-refractivity contribution in [3.63, 3.8) is 0 Å². The highest BCUT2D eigenvalue weighted by molar-refractivity contribution is 5.95. The number of nitrogens with zero attached hydrogens (tertiary/aromatic N) is 2. The van der Waals surface area contributed by atoms with E-state index < -0.39 is 0 Å². The van der Waals surface area contributed by atoms with Crippen LogP contribution in [0.1, 0.15) is 21.5 Å². The number of ether oxygens (including phenoxy) is 1. The number of carbonyl (C=O) groups excluding carboxylic acids is 1. The molecular weight excluding hydrogens is 410 g/mol. The molecule has 0 saturated carbocycles. The largest absolute Gasteiger partial charge is 0.489 e. The molecule has 0 aliphatic heterocycles. The number of benzene rings is 4. The first-order chi connectivity index (χ1) is 16.2. The second kappa shape index (κ2) is 10.8. The van der Waals surface area contributed by atoms with Gasteiger partial charge in [-0.25, -0.2) is 5.43 Å². The summed E-state index contributed by atoms with van der Waals surface area (Å²) in [5.41, 5.74) is 7.25. The number of para-hydroxylation sites is 1. The van der Waals surface area contributed by atoms with Crippen molar-refractivity contribution in [1.82, 2.24) is 5.43 Å². The van der Waals surface area contributed by atoms with Crippen LogP contribution >= 0.6 is 0 Å². The zero-order valence-electron chi connectivity index (χ0n) is 18.4. The maximum absolute atomic E-state index is 12.4. The summed E-state index contributed by atoms with van der Waals surface area (Å²) < 4.78 is 5.76. The van der Waals surface area contributed by atoms with Crippen LogP contribution < -0.4 is 15.1 Å². The monoisotopic (exact) mass is 435 g/mol. The SMILES string of the molecule is CN(c1ccccc1)c1ccc(/C=N\NC(=O)c2ccc(OCc3ccccc3)cc2)cc1. The molecular formula is C28H25N3O2. The number of carbonyl (C=O) groups is 1. The summed E-state index contributed by atoms with van der Waals surface area (Å²) in [6.07, 6.45) is 1.63. The van der Waals surface area contributed by atoms with Crippen molar-refractivity contribution in [2.45, 2.75) is 6.61 Å². The van der Waals surface area contributed by atoms with Crippen molar-refractivity contribution < 1.29 is 9.53 Å². The average molecular weight is 436 g/mol. The third kappa shape index (κ3) is 6.08. The zero-order valence-corrected chi connectivity index (χ0v) is 18.4. The molecule has 1 amide bonds. The minimum Gasteiger partial charge on any atom is -0.489 e. The van der Waals surface area contributed by atoms with Crippen LogP contribution in [0.25, 0.3) is 0 Å². The molecule has 4 aromatic carbocycles. The fraction of sp³-hybridized carbons (Fsp3) is 0.0714. The average Bonchev–Trinajstić information content (AvgIpc) is 2.89. The van der Waals surface area contributed by atoms with Crippen LogP contribution in [0.15, 0.2) is 114 Å². The topological polar surface area (TPSA) is 53.9 Å². The quantitative estimate of drug-likeness (QED) is 0.281. The Hall–Kier alpha value is -4.38. The highest BCUT2D eigenvalue weighted by Gasteiger charge is 2.05. The number of hydrogen-bond donors (Lipinski definition) is 1. The predicted octanol–water partition coefficient (Wildman–Crippen LogP) is 5.80. The van der Waals surface area contributed by atoms with Crippen molar-refractivity contribution in [3.8, 4) is 5.75 Å². The molecule has 0 atom stereocenters. The Bertz CT molecular complexity index is 1190. The third-order valence-corrected chi connectivity index (χ3v) is 5.17. The number of amides is 1. The minimum absolute atomic E-state index is 0.277. The Morgan fingerprint density at radius 3 is 2.09 bits per heavy atom. The van der Waals surface area contributed by atoms with Gasteiger partial charge in [-0.1, -0.05) is 60.7 Å². The van der Waals surface area contributed by atoms with Gasteiger partial charge < -0.3 is 9.64 Å². The van der Waals surface area contributed by atoms with E-state index in [1.54, 1.807) is 30.5 Å². The van der Waals surface area contributed by atoms with Crippen LogP contribution in [0.3, 0.4) is 0 Å². The first-order valence-electron chi connectivity index (χ1n) is 10.7. The summed E-state index contributed by atoms with van der Waals surface area (Å²) >= 11 is 0. The van der Waals surface area contributed by atoms with Crippen molar-refractivity contribution in [2.24, 2.45) is 5.10 Å². The first kappa shape index (κ1) is 21.8. The van der Waals surface area contributed by atoms with Gasteiger partial charge in [0.1, 0.15) is 12.4 Å². The van der Waals surface area contributed by atoms with Crippen LogP contribution in [0.4, 0.5) is 11.4 Å². The Morgan fingerprint density at radius 1 is 0.818 bits per heavy atom. The molecule has 4 aromatic rings. The molecule has 0 heterocycles. The number of nitrogens with one attached hydrogen (secondary N) is 1. The molecule has 4 rings (SSSR count). The summed E-state index contributed by atoms with van der Waals surface area (Å²) in [4.78, 5) is 14.5. The van der Waals surface area contributed by atoms with E-state index in [9.17, 15) is 4.79 Å². The maximum atomic E-state index is 12.4. The van der Waals surface area contributed by atoms with Gasteiger partial charge in [-0.3, -0.25) is 4.79 Å². The molecule has 0 radical (unpaired) electrons. The third-order valence-electron chi connectivity index (χ3n) is 5.17. The lowest BCUT2D eigenvalue weighted by Crippen LogP contribution is -2.17. The molecule has 0 aliphatic carbocycles. The second-order valence-electron chi connectivity index (χ2n) is 7.48. The van der Waals surface area contributed by atoms with Crippen molar-refractivity contribution in [3.05, 3.63) is 126 Å². The van der Waals surface area contributed by atoms with Gasteiger partial charge in [-0.05, 0) is 59.7 Å². The Labute approximate surface area is 194 Å². The lowest BCUT2D eigenvalue weighted by Gasteiger charge is -2.19. The lowest BCUT2D eigenvalue weighted by atomic mass is 10.2. The summed E-state index contributed by atoms with van der Waals surface area (Å²) in [7, 11) is 2.02. The summed E-state index contributed by atoms with van der Waals surface area (Å²) in [5, 5.41) is 4.08. The highest BCUT2D eigenvalue weighted by atomic mass is 16.5. The predicted molar refractivity (Wildman–Crippen MR) is 133 cm³/mol. The van der Waals surface area contributed by atoms with Gasteiger partial charge in [0.2, 0.25) is 0 Å². The molecule has 0 aromatic heterocycles. The van der Waals surface area contributed by atoms with Gasteiger partial charge in [0.15, 0.2) is 0 Å². The van der Waals surface area contributed by atoms with Crippen LogP contribution in [0.2, 0.25) is 0 Å². The van der Waals surface area contributed by atoms with E-state index in [0.29, 0.717) is 17.9 Å². The molecule has 33 heavy (non-hydrogen) atoms. The second-order valence-corrected chi connectivity index (χ2v) is 7.48. The molecule has 0 aliphatic rings. The lowest BCUT2D eigenvalue weighted by molar-refractivity contribution is 0.0955. The standard InChI is InChI=1S/C28H25N3O2/c1-31(25-10-6-3-7-11-25)26-16-12-22(13-17-26)20-29-30-28(32)24-14-18-27(19-15-24)33-21-23-8-4-2-5-9-23/h2-20H,21H2,1H3,(H,30,32)/b29-20-. The van der Waals surface area contributed by atoms with E-state index in [4.69, 9.17) is 4.74 Å². The van der Waals surface area contributed by atoms with E-state index in [2.05, 4.69) is 27.6 Å². The number of hydrazone groups is 1. The molecule has 0 saturated heterocycles. The first-order valence-corrected chi connectivity index (χ1v) is 10.7. The summed E-state index contributed by atoms with van der Waals surface area (Å²) in [6, 6.07) is 35.1. The molecule has 5 nitrogen and oxygen atoms in total. The van der Waals surface area contributed by atoms with Crippen molar-refractivity contribution in [1.29, 1.82) is 0 Å². The fourth-order valence-corrected chi connectivity index (χ4v) is 3.26. The van der Waals surface area contributed by atoms with Crippen LogP contribution in [-0.4, -0.2) is 19.2 Å². The minimum atomic E-state index is -0.277. The van der Waals surface area contributed by atoms with E-state index in [-0.39, 0.29) is 5.91 Å². The number of anilines is 2. The molecule has 0 bridgehead atoms. The fourth-order valence-electron chi connectivity index (χ4n) is 3.26. The normalized spacial score (nSPS) is 10.7. The molecule has 0 spiro atoms. The highest BCUT2D eigenvalue weighted by Crippen LogP contribution is 2.23. The van der Waals surface area contributed by atoms with E-state index in [1.165, 1.54) is 0 Å². The van der Waals surface area contributed by atoms with E-state index in [0.717, 1.165) is 22.5 Å². The van der Waals surface area contributed by atoms with Crippen molar-refractivity contribution in [2.75, 3.05) is 11.9 Å². The van der Waals surface area contributed by atoms with Crippen molar-refractivity contribution >= 4 is 23.5 Å². The molecule has 5 heteroatoms. The maximum Gasteiger partial charge on any atom is 0.271 e. The smallest absolute Gasteiger partial charge is 0.271 e. The van der Waals surface area contributed by atoms with Gasteiger partial charge in [0, 0.05) is 24.0 Å². The Morgan fingerprint density at radius 2 is 1.42 bits per heavy atom. The molecule has 0 unspecified atom stereocenters. The molecule has 1 N–H and O–H groups in total. The van der Waals surface area contributed by atoms with Crippen LogP contribution in [0.5, 0.6) is 5.75 Å². The molecule has 164 valence electrons. The van der Waals surface area contributed by atoms with E-state index >= 15 is 0 Å². The van der Waals surface area contributed by atoms with Gasteiger partial charge in [0.05, 0.1) is 6.21 Å². The zero-order chi connectivity index (χ0) is 22.9. The number of hydrogen-bond acceptors (Lipinski definition) is 4. The summed E-state index contributed by atoms with van der Waals surface area (Å²) in [6.45, 7) is 0.483. The van der Waals surface area contributed by atoms with Gasteiger partial charge >= 0.3 is 0 Å². The van der Waals surface area contributed by atoms with Crippen LogP contribution in [0, 0.1) is 0 Å². The van der Waals surface area contributed by atoms with E-state index in [1.807, 2.05) is 79.8 Å². The number of rotatable bonds is 8. The van der Waals surface area contributed by atoms with Gasteiger partial charge in [0.25, 0.3) is 5.91 Å². The van der Waals surface area contributed by atoms with Gasteiger partial charge in [-0.2, -0.15) is 5.10 Å². The summed E-state index contributed by atoms with van der Waals surface area (Å²) in [5.74, 6) is 0.431.